The van der Waals surface area contributed by atoms with E-state index in [0.29, 0.717) is 16.5 Å². The Kier molecular flexibility index (Phi) is 3.86. The second kappa shape index (κ2) is 5.38. The summed E-state index contributed by atoms with van der Waals surface area (Å²) in [5.74, 6) is 1.98. The molecule has 0 radical (unpaired) electrons. The molecule has 0 saturated carbocycles. The van der Waals surface area contributed by atoms with Gasteiger partial charge < -0.3 is 9.47 Å². The van der Waals surface area contributed by atoms with E-state index < -0.39 is 0 Å². The molecule has 0 aliphatic heterocycles. The van der Waals surface area contributed by atoms with Gasteiger partial charge in [-0.2, -0.15) is 0 Å². The van der Waals surface area contributed by atoms with Gasteiger partial charge in [0.05, 0.1) is 11.6 Å². The van der Waals surface area contributed by atoms with Crippen LogP contribution in [-0.4, -0.2) is 12.1 Å². The van der Waals surface area contributed by atoms with Crippen molar-refractivity contribution < 1.29 is 9.47 Å². The average molecular weight is 315 g/mol. The van der Waals surface area contributed by atoms with Crippen molar-refractivity contribution in [3.05, 3.63) is 46.2 Å². The number of methoxy groups -OCH3 is 1. The SMILES string of the molecule is COc1ccc(Oc2ccncc2Cl)c(Br)c1. The summed E-state index contributed by atoms with van der Waals surface area (Å²) >= 11 is 9.36. The summed E-state index contributed by atoms with van der Waals surface area (Å²) in [6.45, 7) is 0. The molecule has 3 nitrogen and oxygen atoms in total. The van der Waals surface area contributed by atoms with Gasteiger partial charge in [0.15, 0.2) is 0 Å². The van der Waals surface area contributed by atoms with Crippen LogP contribution in [0.2, 0.25) is 5.02 Å². The first kappa shape index (κ1) is 12.2. The molecule has 5 heteroatoms. The monoisotopic (exact) mass is 313 g/mol. The van der Waals surface area contributed by atoms with E-state index in [4.69, 9.17) is 21.1 Å². The summed E-state index contributed by atoms with van der Waals surface area (Å²) in [7, 11) is 1.61. The fourth-order valence-electron chi connectivity index (χ4n) is 1.25. The average Bonchev–Trinajstić information content (AvgIpc) is 2.34. The first-order valence-corrected chi connectivity index (χ1v) is 5.98. The highest BCUT2D eigenvalue weighted by Gasteiger charge is 2.07. The smallest absolute Gasteiger partial charge is 0.149 e. The molecule has 0 aliphatic carbocycles. The third-order valence-electron chi connectivity index (χ3n) is 2.09. The lowest BCUT2D eigenvalue weighted by atomic mass is 10.3. The minimum Gasteiger partial charge on any atom is -0.497 e. The summed E-state index contributed by atoms with van der Waals surface area (Å²) < 4.78 is 11.6. The molecule has 1 aromatic carbocycles. The van der Waals surface area contributed by atoms with Gasteiger partial charge in [-0.25, -0.2) is 0 Å². The lowest BCUT2D eigenvalue weighted by molar-refractivity contribution is 0.412. The van der Waals surface area contributed by atoms with Crippen molar-refractivity contribution >= 4 is 27.5 Å². The van der Waals surface area contributed by atoms with E-state index in [0.717, 1.165) is 10.2 Å². The molecule has 0 aliphatic rings. The highest BCUT2D eigenvalue weighted by atomic mass is 79.9. The van der Waals surface area contributed by atoms with E-state index in [-0.39, 0.29) is 0 Å². The minimum atomic E-state index is 0.468. The molecule has 0 N–H and O–H groups in total. The van der Waals surface area contributed by atoms with Crippen LogP contribution in [0.4, 0.5) is 0 Å². The van der Waals surface area contributed by atoms with Crippen molar-refractivity contribution in [3.63, 3.8) is 0 Å². The topological polar surface area (TPSA) is 31.4 Å². The normalized spacial score (nSPS) is 10.1. The third-order valence-corrected chi connectivity index (χ3v) is 3.00. The lowest BCUT2D eigenvalue weighted by Gasteiger charge is -2.09. The summed E-state index contributed by atoms with van der Waals surface area (Å²) in [5, 5.41) is 0.468. The van der Waals surface area contributed by atoms with Crippen LogP contribution in [0.25, 0.3) is 0 Å². The van der Waals surface area contributed by atoms with Gasteiger partial charge in [0.2, 0.25) is 0 Å². The number of rotatable bonds is 3. The largest absolute Gasteiger partial charge is 0.497 e. The van der Waals surface area contributed by atoms with Gasteiger partial charge in [0.1, 0.15) is 22.3 Å². The van der Waals surface area contributed by atoms with E-state index in [2.05, 4.69) is 20.9 Å². The number of hydrogen-bond donors (Lipinski definition) is 0. The lowest BCUT2D eigenvalue weighted by Crippen LogP contribution is -1.88. The van der Waals surface area contributed by atoms with Crippen molar-refractivity contribution in [3.8, 4) is 17.2 Å². The Balaban J connectivity index is 2.28. The van der Waals surface area contributed by atoms with Crippen LogP contribution < -0.4 is 9.47 Å². The molecule has 0 amide bonds. The molecular weight excluding hydrogens is 305 g/mol. The predicted molar refractivity (Wildman–Crippen MR) is 70.0 cm³/mol. The molecule has 1 heterocycles. The van der Waals surface area contributed by atoms with Gasteiger partial charge in [-0.1, -0.05) is 11.6 Å². The quantitative estimate of drug-likeness (QED) is 0.846. The molecule has 88 valence electrons. The maximum absolute atomic E-state index is 5.96. The molecule has 0 unspecified atom stereocenters. The highest BCUT2D eigenvalue weighted by Crippen LogP contribution is 2.34. The molecule has 0 fully saturated rings. The Hall–Kier alpha value is -1.26. The second-order valence-corrected chi connectivity index (χ2v) is 4.47. The summed E-state index contributed by atoms with van der Waals surface area (Å²) in [6.07, 6.45) is 3.16. The maximum Gasteiger partial charge on any atom is 0.149 e. The van der Waals surface area contributed by atoms with Gasteiger partial charge in [-0.05, 0) is 34.1 Å². The van der Waals surface area contributed by atoms with Crippen LogP contribution in [0, 0.1) is 0 Å². The Morgan fingerprint density at radius 2 is 2.06 bits per heavy atom. The van der Waals surface area contributed by atoms with Gasteiger partial charge in [-0.15, -0.1) is 0 Å². The molecular formula is C12H9BrClNO2. The first-order chi connectivity index (χ1) is 8.20. The Bertz CT molecular complexity index is 534. The van der Waals surface area contributed by atoms with Crippen molar-refractivity contribution in [2.45, 2.75) is 0 Å². The molecule has 0 saturated heterocycles. The minimum absolute atomic E-state index is 0.468. The summed E-state index contributed by atoms with van der Waals surface area (Å²) in [4.78, 5) is 3.89. The van der Waals surface area contributed by atoms with E-state index in [9.17, 15) is 0 Å². The van der Waals surface area contributed by atoms with Crippen LogP contribution in [0.1, 0.15) is 0 Å². The van der Waals surface area contributed by atoms with E-state index in [1.165, 1.54) is 6.20 Å². The van der Waals surface area contributed by atoms with Gasteiger partial charge >= 0.3 is 0 Å². The van der Waals surface area contributed by atoms with Crippen molar-refractivity contribution in [1.82, 2.24) is 4.98 Å². The standard InChI is InChI=1S/C12H9BrClNO2/c1-16-8-2-3-11(9(13)6-8)17-12-4-5-15-7-10(12)14/h2-7H,1H3. The highest BCUT2D eigenvalue weighted by molar-refractivity contribution is 9.10. The van der Waals surface area contributed by atoms with Gasteiger partial charge in [0, 0.05) is 18.5 Å². The second-order valence-electron chi connectivity index (χ2n) is 3.20. The third kappa shape index (κ3) is 2.90. The summed E-state index contributed by atoms with van der Waals surface area (Å²) in [6, 6.07) is 7.15. The van der Waals surface area contributed by atoms with Crippen LogP contribution >= 0.6 is 27.5 Å². The zero-order chi connectivity index (χ0) is 12.3. The van der Waals surface area contributed by atoms with Crippen LogP contribution in [0.3, 0.4) is 0 Å². The van der Waals surface area contributed by atoms with Crippen molar-refractivity contribution in [2.24, 2.45) is 0 Å². The van der Waals surface area contributed by atoms with Crippen LogP contribution in [0.5, 0.6) is 17.2 Å². The zero-order valence-corrected chi connectivity index (χ0v) is 11.3. The number of hydrogen-bond acceptors (Lipinski definition) is 3. The molecule has 17 heavy (non-hydrogen) atoms. The Morgan fingerprint density at radius 3 is 2.71 bits per heavy atom. The van der Waals surface area contributed by atoms with Crippen molar-refractivity contribution in [2.75, 3.05) is 7.11 Å². The molecule has 2 rings (SSSR count). The maximum atomic E-state index is 5.96. The fourth-order valence-corrected chi connectivity index (χ4v) is 1.85. The number of ether oxygens (including phenoxy) is 2. The van der Waals surface area contributed by atoms with E-state index >= 15 is 0 Å². The summed E-state index contributed by atoms with van der Waals surface area (Å²) in [5.41, 5.74) is 0. The number of halogens is 2. The van der Waals surface area contributed by atoms with Crippen LogP contribution in [-0.2, 0) is 0 Å². The predicted octanol–water partition coefficient (Wildman–Crippen LogP) is 4.30. The van der Waals surface area contributed by atoms with Crippen molar-refractivity contribution in [1.29, 1.82) is 0 Å². The fraction of sp³-hybridized carbons (Fsp3) is 0.0833. The van der Waals surface area contributed by atoms with E-state index in [1.54, 1.807) is 25.4 Å². The number of pyridine rings is 1. The molecule has 0 spiro atoms. The molecule has 1 aromatic heterocycles. The number of benzene rings is 1. The first-order valence-electron chi connectivity index (χ1n) is 4.81. The van der Waals surface area contributed by atoms with Crippen LogP contribution in [0.15, 0.2) is 41.1 Å². The molecule has 0 bridgehead atoms. The van der Waals surface area contributed by atoms with Gasteiger partial charge in [-0.3, -0.25) is 4.98 Å². The Morgan fingerprint density at radius 1 is 1.24 bits per heavy atom. The molecule has 0 atom stereocenters. The Labute approximate surface area is 112 Å². The number of aromatic nitrogens is 1. The van der Waals surface area contributed by atoms with E-state index in [1.807, 2.05) is 12.1 Å². The molecule has 2 aromatic rings. The number of nitrogens with zero attached hydrogens (tertiary/aromatic N) is 1. The van der Waals surface area contributed by atoms with Gasteiger partial charge in [0.25, 0.3) is 0 Å². The zero-order valence-electron chi connectivity index (χ0n) is 8.98.